The Morgan fingerprint density at radius 3 is 3.08 bits per heavy atom. The molecule has 68 valence electrons. The van der Waals surface area contributed by atoms with E-state index < -0.39 is 0 Å². The Morgan fingerprint density at radius 2 is 2.38 bits per heavy atom. The van der Waals surface area contributed by atoms with Gasteiger partial charge in [-0.05, 0) is 24.1 Å². The summed E-state index contributed by atoms with van der Waals surface area (Å²) in [5, 5.41) is 5.43. The largest absolute Gasteiger partial charge is 0.494 e. The molecule has 0 aliphatic carbocycles. The molecule has 1 heterocycles. The highest BCUT2D eigenvalue weighted by molar-refractivity contribution is 7.99. The molecule has 0 aliphatic rings. The van der Waals surface area contributed by atoms with Crippen molar-refractivity contribution in [2.75, 3.05) is 7.11 Å². The molecule has 0 amide bonds. The molecule has 2 rings (SSSR count). The van der Waals surface area contributed by atoms with Gasteiger partial charge in [0.05, 0.1) is 11.8 Å². The molecular weight excluding hydrogens is 204 g/mol. The van der Waals surface area contributed by atoms with Crippen molar-refractivity contribution >= 4 is 33.5 Å². The Morgan fingerprint density at radius 1 is 1.54 bits per heavy atom. The smallest absolute Gasteiger partial charge is 0.166 e. The zero-order valence-electron chi connectivity index (χ0n) is 6.98. The third kappa shape index (κ3) is 1.50. The fourth-order valence-corrected chi connectivity index (χ4v) is 2.44. The molecule has 2 aromatic rings. The van der Waals surface area contributed by atoms with Crippen molar-refractivity contribution in [1.82, 2.24) is 4.98 Å². The van der Waals surface area contributed by atoms with Crippen molar-refractivity contribution in [2.24, 2.45) is 5.14 Å². The second-order valence-corrected chi connectivity index (χ2v) is 4.32. The average Bonchev–Trinajstić information content (AvgIpc) is 2.59. The molecular formula is C8H8N2OS2. The van der Waals surface area contributed by atoms with Gasteiger partial charge in [-0.15, -0.1) is 11.3 Å². The normalized spacial score (nSPS) is 10.6. The Labute approximate surface area is 84.0 Å². The van der Waals surface area contributed by atoms with E-state index in [2.05, 4.69) is 4.98 Å². The van der Waals surface area contributed by atoms with Gasteiger partial charge in [-0.1, -0.05) is 6.07 Å². The van der Waals surface area contributed by atoms with Gasteiger partial charge in [-0.3, -0.25) is 5.14 Å². The summed E-state index contributed by atoms with van der Waals surface area (Å²) in [6.45, 7) is 0. The summed E-state index contributed by atoms with van der Waals surface area (Å²) in [6, 6.07) is 5.85. The van der Waals surface area contributed by atoms with Crippen LogP contribution < -0.4 is 9.88 Å². The first-order valence-corrected chi connectivity index (χ1v) is 5.35. The van der Waals surface area contributed by atoms with Crippen molar-refractivity contribution in [1.29, 1.82) is 0 Å². The Balaban J connectivity index is 2.67. The summed E-state index contributed by atoms with van der Waals surface area (Å²) >= 11 is 2.74. The number of hydrogen-bond acceptors (Lipinski definition) is 5. The third-order valence-corrected chi connectivity index (χ3v) is 3.33. The lowest BCUT2D eigenvalue weighted by molar-refractivity contribution is 0.419. The molecule has 3 nitrogen and oxygen atoms in total. The fourth-order valence-electron chi connectivity index (χ4n) is 1.12. The fraction of sp³-hybridized carbons (Fsp3) is 0.125. The minimum Gasteiger partial charge on any atom is -0.494 e. The maximum Gasteiger partial charge on any atom is 0.166 e. The first-order chi connectivity index (χ1) is 6.35. The second-order valence-electron chi connectivity index (χ2n) is 2.40. The van der Waals surface area contributed by atoms with Crippen LogP contribution in [0.1, 0.15) is 0 Å². The van der Waals surface area contributed by atoms with Crippen LogP contribution in [0.25, 0.3) is 10.2 Å². The van der Waals surface area contributed by atoms with Crippen molar-refractivity contribution in [3.05, 3.63) is 18.2 Å². The lowest BCUT2D eigenvalue weighted by atomic mass is 10.3. The first kappa shape index (κ1) is 8.80. The molecule has 0 saturated carbocycles. The summed E-state index contributed by atoms with van der Waals surface area (Å²) in [4.78, 5) is 4.33. The summed E-state index contributed by atoms with van der Waals surface area (Å²) < 4.78 is 7.14. The zero-order chi connectivity index (χ0) is 9.26. The molecule has 0 unspecified atom stereocenters. The molecule has 5 heteroatoms. The highest BCUT2D eigenvalue weighted by Crippen LogP contribution is 2.32. The Bertz CT molecular complexity index is 427. The number of hydrogen-bond donors (Lipinski definition) is 1. The Kier molecular flexibility index (Phi) is 2.39. The van der Waals surface area contributed by atoms with Crippen molar-refractivity contribution < 1.29 is 4.74 Å². The number of thiazole rings is 1. The number of aromatic nitrogens is 1. The standard InChI is InChI=1S/C8H8N2OS2/c1-11-5-3-2-4-6-7(5)10-8(12-6)13-9/h2-4H,9H2,1H3. The highest BCUT2D eigenvalue weighted by Gasteiger charge is 2.06. The van der Waals surface area contributed by atoms with E-state index in [1.807, 2.05) is 18.2 Å². The predicted octanol–water partition coefficient (Wildman–Crippen LogP) is 2.27. The third-order valence-electron chi connectivity index (χ3n) is 1.68. The number of methoxy groups -OCH3 is 1. The topological polar surface area (TPSA) is 48.1 Å². The van der Waals surface area contributed by atoms with Gasteiger partial charge in [-0.2, -0.15) is 0 Å². The van der Waals surface area contributed by atoms with Gasteiger partial charge in [0, 0.05) is 0 Å². The van der Waals surface area contributed by atoms with Crippen LogP contribution >= 0.6 is 23.3 Å². The molecule has 13 heavy (non-hydrogen) atoms. The van der Waals surface area contributed by atoms with Crippen molar-refractivity contribution in [3.8, 4) is 5.75 Å². The second kappa shape index (κ2) is 3.53. The van der Waals surface area contributed by atoms with E-state index in [0.717, 1.165) is 20.3 Å². The van der Waals surface area contributed by atoms with E-state index in [9.17, 15) is 0 Å². The maximum atomic E-state index is 5.43. The summed E-state index contributed by atoms with van der Waals surface area (Å²) in [6.07, 6.45) is 0. The van der Waals surface area contributed by atoms with Crippen LogP contribution in [0.15, 0.2) is 22.5 Å². The zero-order valence-corrected chi connectivity index (χ0v) is 8.61. The van der Waals surface area contributed by atoms with E-state index in [1.165, 1.54) is 11.9 Å². The number of rotatable bonds is 2. The number of fused-ring (bicyclic) bond motifs is 1. The first-order valence-electron chi connectivity index (χ1n) is 3.65. The molecule has 1 aromatic carbocycles. The van der Waals surface area contributed by atoms with Crippen LogP contribution in [0.2, 0.25) is 0 Å². The molecule has 0 saturated heterocycles. The number of nitrogens with zero attached hydrogens (tertiary/aromatic N) is 1. The highest BCUT2D eigenvalue weighted by atomic mass is 32.2. The molecule has 0 radical (unpaired) electrons. The van der Waals surface area contributed by atoms with Crippen LogP contribution in [-0.4, -0.2) is 12.1 Å². The van der Waals surface area contributed by atoms with Crippen molar-refractivity contribution in [3.63, 3.8) is 0 Å². The molecule has 0 bridgehead atoms. The van der Waals surface area contributed by atoms with Gasteiger partial charge in [0.2, 0.25) is 0 Å². The van der Waals surface area contributed by atoms with Gasteiger partial charge in [0.1, 0.15) is 11.3 Å². The number of para-hydroxylation sites is 1. The van der Waals surface area contributed by atoms with Crippen LogP contribution in [0, 0.1) is 0 Å². The lowest BCUT2D eigenvalue weighted by Crippen LogP contribution is -1.83. The SMILES string of the molecule is COc1cccc2sc(SN)nc12. The minimum atomic E-state index is 0.800. The van der Waals surface area contributed by atoms with Gasteiger partial charge in [0.15, 0.2) is 4.34 Å². The van der Waals surface area contributed by atoms with Crippen molar-refractivity contribution in [2.45, 2.75) is 4.34 Å². The quantitative estimate of drug-likeness (QED) is 0.776. The van der Waals surface area contributed by atoms with Gasteiger partial charge in [-0.25, -0.2) is 4.98 Å². The molecule has 1 aromatic heterocycles. The van der Waals surface area contributed by atoms with Gasteiger partial charge >= 0.3 is 0 Å². The lowest BCUT2D eigenvalue weighted by Gasteiger charge is -1.97. The van der Waals surface area contributed by atoms with E-state index in [4.69, 9.17) is 9.88 Å². The summed E-state index contributed by atoms with van der Waals surface area (Å²) in [5.74, 6) is 0.800. The monoisotopic (exact) mass is 212 g/mol. The minimum absolute atomic E-state index is 0.800. The van der Waals surface area contributed by atoms with Gasteiger partial charge < -0.3 is 4.74 Å². The summed E-state index contributed by atoms with van der Waals surface area (Å²) in [5.41, 5.74) is 0.892. The van der Waals surface area contributed by atoms with E-state index in [-0.39, 0.29) is 0 Å². The summed E-state index contributed by atoms with van der Waals surface area (Å²) in [7, 11) is 1.64. The molecule has 0 fully saturated rings. The van der Waals surface area contributed by atoms with Crippen LogP contribution in [0.4, 0.5) is 0 Å². The molecule has 0 spiro atoms. The molecule has 0 aliphatic heterocycles. The molecule has 2 N–H and O–H groups in total. The van der Waals surface area contributed by atoms with E-state index in [1.54, 1.807) is 18.4 Å². The predicted molar refractivity (Wildman–Crippen MR) is 56.2 cm³/mol. The van der Waals surface area contributed by atoms with E-state index >= 15 is 0 Å². The number of benzene rings is 1. The van der Waals surface area contributed by atoms with Crippen LogP contribution in [-0.2, 0) is 0 Å². The van der Waals surface area contributed by atoms with E-state index in [0.29, 0.717) is 0 Å². The van der Waals surface area contributed by atoms with Crippen LogP contribution in [0.5, 0.6) is 5.75 Å². The Hall–Kier alpha value is -0.780. The number of nitrogens with two attached hydrogens (primary N) is 1. The molecule has 0 atom stereocenters. The van der Waals surface area contributed by atoms with Crippen LogP contribution in [0.3, 0.4) is 0 Å². The average molecular weight is 212 g/mol. The maximum absolute atomic E-state index is 5.43. The van der Waals surface area contributed by atoms with Gasteiger partial charge in [0.25, 0.3) is 0 Å². The number of ether oxygens (including phenoxy) is 1.